The standard InChI is InChI=1S/C13H26N2O2/c1-10(2)14-5-6-17-12(9-14)13(3,4)15-7-11(16)8-15/h10-12,16H,5-9H2,1-4H3/t12-/m1/s1. The molecule has 0 aromatic carbocycles. The number of aliphatic hydroxyl groups excluding tert-OH is 1. The van der Waals surface area contributed by atoms with Crippen molar-refractivity contribution in [1.82, 2.24) is 9.80 Å². The number of hydrogen-bond acceptors (Lipinski definition) is 4. The van der Waals surface area contributed by atoms with Crippen LogP contribution in [0.4, 0.5) is 0 Å². The summed E-state index contributed by atoms with van der Waals surface area (Å²) in [6, 6.07) is 0.583. The molecule has 4 heteroatoms. The van der Waals surface area contributed by atoms with E-state index in [9.17, 15) is 5.11 Å². The molecule has 2 fully saturated rings. The molecule has 0 radical (unpaired) electrons. The minimum atomic E-state index is -0.140. The quantitative estimate of drug-likeness (QED) is 0.784. The molecule has 2 heterocycles. The number of rotatable bonds is 3. The number of ether oxygens (including phenoxy) is 1. The van der Waals surface area contributed by atoms with Gasteiger partial charge in [-0.05, 0) is 27.7 Å². The molecule has 17 heavy (non-hydrogen) atoms. The lowest BCUT2D eigenvalue weighted by atomic mass is 9.89. The molecule has 1 atom stereocenters. The van der Waals surface area contributed by atoms with Gasteiger partial charge in [-0.2, -0.15) is 0 Å². The molecule has 0 bridgehead atoms. The Hall–Kier alpha value is -0.160. The number of aliphatic hydroxyl groups is 1. The van der Waals surface area contributed by atoms with Crippen molar-refractivity contribution in [2.75, 3.05) is 32.8 Å². The second-order valence-corrected chi connectivity index (χ2v) is 6.16. The van der Waals surface area contributed by atoms with Crippen molar-refractivity contribution in [3.63, 3.8) is 0 Å². The van der Waals surface area contributed by atoms with Crippen LogP contribution in [-0.2, 0) is 4.74 Å². The smallest absolute Gasteiger partial charge is 0.0880 e. The summed E-state index contributed by atoms with van der Waals surface area (Å²) in [5.74, 6) is 0. The molecule has 0 spiro atoms. The molecule has 4 nitrogen and oxygen atoms in total. The van der Waals surface area contributed by atoms with E-state index in [4.69, 9.17) is 4.74 Å². The zero-order valence-corrected chi connectivity index (χ0v) is 11.5. The largest absolute Gasteiger partial charge is 0.390 e. The average Bonchev–Trinajstić information content (AvgIpc) is 2.25. The Kier molecular flexibility index (Phi) is 3.78. The van der Waals surface area contributed by atoms with Gasteiger partial charge in [0.1, 0.15) is 0 Å². The highest BCUT2D eigenvalue weighted by Gasteiger charge is 2.44. The van der Waals surface area contributed by atoms with Gasteiger partial charge in [-0.1, -0.05) is 0 Å². The van der Waals surface area contributed by atoms with Gasteiger partial charge in [-0.15, -0.1) is 0 Å². The van der Waals surface area contributed by atoms with Crippen LogP contribution in [0.1, 0.15) is 27.7 Å². The van der Waals surface area contributed by atoms with Crippen LogP contribution in [-0.4, -0.2) is 71.5 Å². The molecule has 0 aliphatic carbocycles. The molecule has 2 aliphatic heterocycles. The second kappa shape index (κ2) is 4.84. The normalized spacial score (nSPS) is 29.6. The summed E-state index contributed by atoms with van der Waals surface area (Å²) in [5, 5.41) is 9.43. The lowest BCUT2D eigenvalue weighted by Gasteiger charge is -2.52. The van der Waals surface area contributed by atoms with Gasteiger partial charge < -0.3 is 9.84 Å². The van der Waals surface area contributed by atoms with E-state index in [1.54, 1.807) is 0 Å². The molecule has 0 amide bonds. The van der Waals surface area contributed by atoms with Gasteiger partial charge in [0, 0.05) is 37.8 Å². The molecule has 1 N–H and O–H groups in total. The Morgan fingerprint density at radius 3 is 2.41 bits per heavy atom. The Labute approximate surface area is 105 Å². The maximum Gasteiger partial charge on any atom is 0.0880 e. The third kappa shape index (κ3) is 2.65. The fourth-order valence-electron chi connectivity index (χ4n) is 2.70. The number of β-amino-alcohol motifs (C(OH)–C–C–N with tert-alkyl or cyclic N) is 1. The molecule has 0 aromatic heterocycles. The van der Waals surface area contributed by atoms with Gasteiger partial charge in [0.25, 0.3) is 0 Å². The molecule has 0 saturated carbocycles. The number of likely N-dealkylation sites (tertiary alicyclic amines) is 1. The molecule has 100 valence electrons. The highest BCUT2D eigenvalue weighted by Crippen LogP contribution is 2.29. The van der Waals surface area contributed by atoms with E-state index in [-0.39, 0.29) is 17.7 Å². The first kappa shape index (κ1) is 13.3. The molecule has 0 aromatic rings. The lowest BCUT2D eigenvalue weighted by molar-refractivity contribution is -0.146. The van der Waals surface area contributed by atoms with Gasteiger partial charge in [0.2, 0.25) is 0 Å². The summed E-state index contributed by atoms with van der Waals surface area (Å²) in [6.07, 6.45) is 0.102. The summed E-state index contributed by atoms with van der Waals surface area (Å²) >= 11 is 0. The summed E-state index contributed by atoms with van der Waals surface area (Å²) in [5.41, 5.74) is 0.0206. The zero-order valence-electron chi connectivity index (χ0n) is 11.5. The van der Waals surface area contributed by atoms with Crippen LogP contribution in [0.3, 0.4) is 0 Å². The molecular formula is C13H26N2O2. The van der Waals surface area contributed by atoms with Gasteiger partial charge in [0.05, 0.1) is 18.8 Å². The maximum absolute atomic E-state index is 9.43. The SMILES string of the molecule is CC(C)N1CCO[C@@H](C(C)(C)N2CC(O)C2)C1. The Morgan fingerprint density at radius 2 is 1.88 bits per heavy atom. The highest BCUT2D eigenvalue weighted by atomic mass is 16.5. The topological polar surface area (TPSA) is 35.9 Å². The van der Waals surface area contributed by atoms with E-state index in [2.05, 4.69) is 37.5 Å². The fraction of sp³-hybridized carbons (Fsp3) is 1.00. The number of nitrogens with zero attached hydrogens (tertiary/aromatic N) is 2. The van der Waals surface area contributed by atoms with Gasteiger partial charge in [0.15, 0.2) is 0 Å². The summed E-state index contributed by atoms with van der Waals surface area (Å²) in [7, 11) is 0. The van der Waals surface area contributed by atoms with Crippen molar-refractivity contribution in [2.24, 2.45) is 0 Å². The van der Waals surface area contributed by atoms with E-state index >= 15 is 0 Å². The molecule has 2 aliphatic rings. The zero-order chi connectivity index (χ0) is 12.6. The fourth-order valence-corrected chi connectivity index (χ4v) is 2.70. The Balaban J connectivity index is 1.96. The minimum absolute atomic E-state index is 0.0206. The van der Waals surface area contributed by atoms with E-state index in [0.29, 0.717) is 6.04 Å². The molecule has 2 saturated heterocycles. The van der Waals surface area contributed by atoms with Crippen molar-refractivity contribution in [1.29, 1.82) is 0 Å². The van der Waals surface area contributed by atoms with Gasteiger partial charge in [-0.3, -0.25) is 9.80 Å². The van der Waals surface area contributed by atoms with E-state index in [1.165, 1.54) is 0 Å². The van der Waals surface area contributed by atoms with Crippen LogP contribution in [0.15, 0.2) is 0 Å². The molecule has 0 unspecified atom stereocenters. The van der Waals surface area contributed by atoms with Crippen LogP contribution < -0.4 is 0 Å². The van der Waals surface area contributed by atoms with Crippen molar-refractivity contribution >= 4 is 0 Å². The predicted octanol–water partition coefficient (Wildman–Crippen LogP) is 0.551. The van der Waals surface area contributed by atoms with Crippen LogP contribution in [0, 0.1) is 0 Å². The Morgan fingerprint density at radius 1 is 1.24 bits per heavy atom. The third-order valence-electron chi connectivity index (χ3n) is 4.29. The molecular weight excluding hydrogens is 216 g/mol. The lowest BCUT2D eigenvalue weighted by Crippen LogP contribution is -2.67. The second-order valence-electron chi connectivity index (χ2n) is 6.16. The number of hydrogen-bond donors (Lipinski definition) is 1. The monoisotopic (exact) mass is 242 g/mol. The van der Waals surface area contributed by atoms with Crippen LogP contribution in [0.2, 0.25) is 0 Å². The third-order valence-corrected chi connectivity index (χ3v) is 4.29. The summed E-state index contributed by atoms with van der Waals surface area (Å²) in [4.78, 5) is 4.80. The van der Waals surface area contributed by atoms with E-state index in [0.717, 1.165) is 32.8 Å². The van der Waals surface area contributed by atoms with Gasteiger partial charge in [-0.25, -0.2) is 0 Å². The maximum atomic E-state index is 9.43. The molecule has 2 rings (SSSR count). The summed E-state index contributed by atoms with van der Waals surface area (Å²) < 4.78 is 5.95. The van der Waals surface area contributed by atoms with Crippen molar-refractivity contribution < 1.29 is 9.84 Å². The number of morpholine rings is 1. The minimum Gasteiger partial charge on any atom is -0.390 e. The first-order chi connectivity index (χ1) is 7.91. The first-order valence-electron chi connectivity index (χ1n) is 6.70. The Bertz CT molecular complexity index is 262. The van der Waals surface area contributed by atoms with Crippen LogP contribution in [0.5, 0.6) is 0 Å². The van der Waals surface area contributed by atoms with Crippen molar-refractivity contribution in [3.05, 3.63) is 0 Å². The predicted molar refractivity (Wildman–Crippen MR) is 68.1 cm³/mol. The highest BCUT2D eigenvalue weighted by molar-refractivity contribution is 4.98. The van der Waals surface area contributed by atoms with Crippen molar-refractivity contribution in [2.45, 2.75) is 51.5 Å². The first-order valence-corrected chi connectivity index (χ1v) is 6.70. The van der Waals surface area contributed by atoms with Crippen LogP contribution in [0.25, 0.3) is 0 Å². The van der Waals surface area contributed by atoms with Gasteiger partial charge >= 0.3 is 0 Å². The van der Waals surface area contributed by atoms with Crippen molar-refractivity contribution in [3.8, 4) is 0 Å². The average molecular weight is 242 g/mol. The summed E-state index contributed by atoms with van der Waals surface area (Å²) in [6.45, 7) is 13.4. The van der Waals surface area contributed by atoms with E-state index in [1.807, 2.05) is 0 Å². The van der Waals surface area contributed by atoms with Crippen LogP contribution >= 0.6 is 0 Å². The van der Waals surface area contributed by atoms with E-state index < -0.39 is 0 Å².